The van der Waals surface area contributed by atoms with Crippen molar-refractivity contribution in [3.8, 4) is 0 Å². The second-order valence-electron chi connectivity index (χ2n) is 2.57. The third-order valence-corrected chi connectivity index (χ3v) is 1.79. The average Bonchev–Trinajstić information content (AvgIpc) is 2.35. The fourth-order valence-corrected chi connectivity index (χ4v) is 1.19. The number of imide groups is 1. The molecule has 2 amide bonds. The van der Waals surface area contributed by atoms with Crippen molar-refractivity contribution in [3.05, 3.63) is 34.9 Å². The van der Waals surface area contributed by atoms with Crippen LogP contribution in [0.5, 0.6) is 0 Å². The molecule has 0 saturated heterocycles. The molecular formula is C8H4F2LiNO2. The van der Waals surface area contributed by atoms with Crippen molar-refractivity contribution >= 4 is 30.7 Å². The molecule has 1 N–H and O–H groups in total. The predicted molar refractivity (Wildman–Crippen MR) is 45.3 cm³/mol. The summed E-state index contributed by atoms with van der Waals surface area (Å²) < 4.78 is 25.5. The number of hydrogen-bond donors (Lipinski definition) is 1. The predicted octanol–water partition coefficient (Wildman–Crippen LogP) is 0.200. The van der Waals surface area contributed by atoms with Crippen LogP contribution in [0.4, 0.5) is 8.78 Å². The van der Waals surface area contributed by atoms with E-state index in [2.05, 4.69) is 0 Å². The number of rotatable bonds is 0. The molecule has 68 valence electrons. The van der Waals surface area contributed by atoms with Crippen molar-refractivity contribution in [3.63, 3.8) is 0 Å². The van der Waals surface area contributed by atoms with Crippen molar-refractivity contribution in [1.29, 1.82) is 0 Å². The van der Waals surface area contributed by atoms with Crippen LogP contribution in [0.3, 0.4) is 0 Å². The van der Waals surface area contributed by atoms with Gasteiger partial charge in [0, 0.05) is 0 Å². The molecular weight excluding hydrogens is 187 g/mol. The third-order valence-electron chi connectivity index (χ3n) is 1.79. The van der Waals surface area contributed by atoms with Gasteiger partial charge in [0.1, 0.15) is 0 Å². The minimum absolute atomic E-state index is 0. The molecule has 0 saturated carbocycles. The monoisotopic (exact) mass is 191 g/mol. The Hall–Kier alpha value is -1.18. The van der Waals surface area contributed by atoms with Gasteiger partial charge in [-0.05, 0) is 12.1 Å². The molecule has 1 aromatic carbocycles. The second kappa shape index (κ2) is 3.52. The van der Waals surface area contributed by atoms with E-state index < -0.39 is 29.0 Å². The summed E-state index contributed by atoms with van der Waals surface area (Å²) >= 11 is 0. The molecule has 1 heterocycles. The maximum absolute atomic E-state index is 12.9. The number of carbonyl (C=O) groups is 2. The Kier molecular flexibility index (Phi) is 2.74. The molecule has 0 fully saturated rings. The van der Waals surface area contributed by atoms with Crippen LogP contribution in [0.2, 0.25) is 0 Å². The Morgan fingerprint density at radius 1 is 1.07 bits per heavy atom. The summed E-state index contributed by atoms with van der Waals surface area (Å²) in [6.45, 7) is 0. The fourth-order valence-electron chi connectivity index (χ4n) is 1.19. The maximum atomic E-state index is 12.9. The van der Waals surface area contributed by atoms with Crippen LogP contribution in [0, 0.1) is 11.6 Å². The third kappa shape index (κ3) is 1.35. The van der Waals surface area contributed by atoms with Crippen molar-refractivity contribution in [2.45, 2.75) is 0 Å². The van der Waals surface area contributed by atoms with Gasteiger partial charge in [-0.15, -0.1) is 0 Å². The standard InChI is InChI=1S/C8H3F2NO2.Li.H/c9-4-2-1-3-5(6(4)10)8(13)11-7(3)12;;/h1-2H,(H,11,12,13);;. The summed E-state index contributed by atoms with van der Waals surface area (Å²) in [6.07, 6.45) is 0. The molecule has 0 bridgehead atoms. The zero-order chi connectivity index (χ0) is 9.59. The van der Waals surface area contributed by atoms with E-state index in [4.69, 9.17) is 0 Å². The Morgan fingerprint density at radius 2 is 1.71 bits per heavy atom. The quantitative estimate of drug-likeness (QED) is 0.470. The van der Waals surface area contributed by atoms with E-state index in [1.54, 1.807) is 0 Å². The van der Waals surface area contributed by atoms with E-state index >= 15 is 0 Å². The Bertz CT molecular complexity index is 434. The molecule has 0 radical (unpaired) electrons. The zero-order valence-corrected chi connectivity index (χ0v) is 6.23. The molecule has 0 spiro atoms. The van der Waals surface area contributed by atoms with Gasteiger partial charge in [0.15, 0.2) is 11.6 Å². The SMILES string of the molecule is O=C1NC(=O)c2c1ccc(F)c2F.[LiH]. The van der Waals surface area contributed by atoms with Crippen molar-refractivity contribution in [2.24, 2.45) is 0 Å². The van der Waals surface area contributed by atoms with E-state index in [0.717, 1.165) is 12.1 Å². The summed E-state index contributed by atoms with van der Waals surface area (Å²) in [4.78, 5) is 21.8. The van der Waals surface area contributed by atoms with Crippen LogP contribution in [0.15, 0.2) is 12.1 Å². The molecule has 14 heavy (non-hydrogen) atoms. The van der Waals surface area contributed by atoms with Gasteiger partial charge in [0.2, 0.25) is 0 Å². The number of carbonyl (C=O) groups excluding carboxylic acids is 2. The number of halogens is 2. The molecule has 0 aromatic heterocycles. The van der Waals surface area contributed by atoms with Crippen LogP contribution in [-0.2, 0) is 0 Å². The fraction of sp³-hybridized carbons (Fsp3) is 0. The van der Waals surface area contributed by atoms with Gasteiger partial charge in [0.25, 0.3) is 11.8 Å². The first-order valence-electron chi connectivity index (χ1n) is 3.45. The minimum atomic E-state index is -1.28. The summed E-state index contributed by atoms with van der Waals surface area (Å²) in [5.41, 5.74) is -0.631. The van der Waals surface area contributed by atoms with Crippen molar-refractivity contribution in [2.75, 3.05) is 0 Å². The van der Waals surface area contributed by atoms with Gasteiger partial charge in [0.05, 0.1) is 11.1 Å². The molecule has 0 atom stereocenters. The second-order valence-corrected chi connectivity index (χ2v) is 2.57. The van der Waals surface area contributed by atoms with Crippen molar-refractivity contribution < 1.29 is 18.4 Å². The molecule has 2 rings (SSSR count). The van der Waals surface area contributed by atoms with E-state index in [0.29, 0.717) is 0 Å². The molecule has 1 aromatic rings. The topological polar surface area (TPSA) is 46.2 Å². The van der Waals surface area contributed by atoms with Crippen molar-refractivity contribution in [1.82, 2.24) is 5.32 Å². The van der Waals surface area contributed by atoms with Gasteiger partial charge < -0.3 is 0 Å². The Balaban J connectivity index is 0.000000980. The number of hydrogen-bond acceptors (Lipinski definition) is 2. The summed E-state index contributed by atoms with van der Waals surface area (Å²) in [5, 5.41) is 1.87. The molecule has 0 unspecified atom stereocenters. The first kappa shape index (κ1) is 10.9. The van der Waals surface area contributed by atoms with E-state index in [1.165, 1.54) is 0 Å². The van der Waals surface area contributed by atoms with Gasteiger partial charge in [-0.1, -0.05) is 0 Å². The molecule has 3 nitrogen and oxygen atoms in total. The van der Waals surface area contributed by atoms with Gasteiger partial charge >= 0.3 is 18.9 Å². The summed E-state index contributed by atoms with van der Waals surface area (Å²) in [7, 11) is 0. The number of benzene rings is 1. The van der Waals surface area contributed by atoms with E-state index in [1.807, 2.05) is 5.32 Å². The van der Waals surface area contributed by atoms with E-state index in [9.17, 15) is 18.4 Å². The number of nitrogens with one attached hydrogen (secondary N) is 1. The van der Waals surface area contributed by atoms with Crippen LogP contribution in [0.1, 0.15) is 20.7 Å². The first-order chi connectivity index (χ1) is 6.11. The van der Waals surface area contributed by atoms with Crippen LogP contribution in [0.25, 0.3) is 0 Å². The van der Waals surface area contributed by atoms with Crippen LogP contribution >= 0.6 is 0 Å². The first-order valence-corrected chi connectivity index (χ1v) is 3.45. The normalized spacial score (nSPS) is 13.3. The van der Waals surface area contributed by atoms with Crippen LogP contribution < -0.4 is 5.32 Å². The van der Waals surface area contributed by atoms with Gasteiger partial charge in [-0.3, -0.25) is 14.9 Å². The van der Waals surface area contributed by atoms with Crippen LogP contribution in [-0.4, -0.2) is 30.7 Å². The summed E-state index contributed by atoms with van der Waals surface area (Å²) in [6, 6.07) is 1.89. The Morgan fingerprint density at radius 3 is 2.36 bits per heavy atom. The molecule has 1 aliphatic heterocycles. The Labute approximate surface area is 89.7 Å². The molecule has 6 heteroatoms. The molecule has 0 aliphatic carbocycles. The number of fused-ring (bicyclic) bond motifs is 1. The van der Waals surface area contributed by atoms with E-state index in [-0.39, 0.29) is 24.4 Å². The zero-order valence-electron chi connectivity index (χ0n) is 6.23. The van der Waals surface area contributed by atoms with Gasteiger partial charge in [-0.2, -0.15) is 0 Å². The summed E-state index contributed by atoms with van der Waals surface area (Å²) in [5.74, 6) is -4.00. The molecule has 1 aliphatic rings. The average molecular weight is 191 g/mol. The van der Waals surface area contributed by atoms with Gasteiger partial charge in [-0.25, -0.2) is 8.78 Å². The number of amides is 2.